The topological polar surface area (TPSA) is 95.5 Å². The van der Waals surface area contributed by atoms with Crippen LogP contribution in [-0.2, 0) is 14.4 Å². The molecule has 2 heterocycles. The first-order valence-corrected chi connectivity index (χ1v) is 13.1. The molecule has 5 rings (SSSR count). The van der Waals surface area contributed by atoms with Crippen molar-refractivity contribution in [3.63, 3.8) is 0 Å². The zero-order chi connectivity index (χ0) is 28.4. The van der Waals surface area contributed by atoms with Crippen LogP contribution < -0.4 is 15.1 Å². The van der Waals surface area contributed by atoms with Crippen molar-refractivity contribution in [1.82, 2.24) is 15.3 Å². The molecular weight excluding hydrogens is 547 g/mol. The lowest BCUT2D eigenvalue weighted by molar-refractivity contribution is -0.127. The second kappa shape index (κ2) is 11.2. The maximum absolute atomic E-state index is 14.5. The summed E-state index contributed by atoms with van der Waals surface area (Å²) in [4.78, 5) is 51.6. The Morgan fingerprint density at radius 2 is 1.82 bits per heavy atom. The van der Waals surface area contributed by atoms with Crippen molar-refractivity contribution < 1.29 is 27.6 Å². The molecule has 3 atom stereocenters. The van der Waals surface area contributed by atoms with Crippen molar-refractivity contribution in [2.75, 3.05) is 9.80 Å². The van der Waals surface area contributed by atoms with Crippen LogP contribution >= 0.6 is 11.6 Å². The molecule has 1 saturated carbocycles. The Bertz CT molecular complexity index is 1430. The Morgan fingerprint density at radius 3 is 2.50 bits per heavy atom. The summed E-state index contributed by atoms with van der Waals surface area (Å²) in [6.45, 7) is 0. The number of carbonyl (C=O) groups excluding carboxylic acids is 3. The molecule has 1 aliphatic carbocycles. The van der Waals surface area contributed by atoms with Gasteiger partial charge in [-0.15, -0.1) is 0 Å². The van der Waals surface area contributed by atoms with Crippen molar-refractivity contribution in [3.05, 3.63) is 83.4 Å². The monoisotopic (exact) mass is 571 g/mol. The highest BCUT2D eigenvalue weighted by molar-refractivity contribution is 6.31. The molecule has 208 valence electrons. The summed E-state index contributed by atoms with van der Waals surface area (Å²) in [6, 6.07) is 9.54. The molecule has 3 unspecified atom stereocenters. The third-order valence-corrected chi connectivity index (χ3v) is 7.39. The second-order valence-corrected chi connectivity index (χ2v) is 10.2. The van der Waals surface area contributed by atoms with Gasteiger partial charge in [0.2, 0.25) is 23.7 Å². The Hall–Kier alpha value is -3.99. The van der Waals surface area contributed by atoms with E-state index < -0.39 is 54.0 Å². The molecule has 1 aromatic heterocycles. The Balaban J connectivity index is 1.60. The molecule has 1 N–H and O–H groups in total. The lowest BCUT2D eigenvalue weighted by Crippen LogP contribution is -2.53. The van der Waals surface area contributed by atoms with Crippen molar-refractivity contribution in [3.8, 4) is 0 Å². The van der Waals surface area contributed by atoms with Crippen molar-refractivity contribution >= 4 is 41.0 Å². The first-order valence-electron chi connectivity index (χ1n) is 12.7. The number of amides is 3. The fourth-order valence-corrected chi connectivity index (χ4v) is 5.46. The average molecular weight is 572 g/mol. The number of anilines is 2. The van der Waals surface area contributed by atoms with E-state index in [9.17, 15) is 27.6 Å². The molecule has 12 heteroatoms. The number of halogens is 4. The van der Waals surface area contributed by atoms with Gasteiger partial charge in [-0.1, -0.05) is 35.9 Å². The number of rotatable bonds is 7. The number of hydrogen-bond donors (Lipinski definition) is 1. The van der Waals surface area contributed by atoms with Crippen LogP contribution in [0.25, 0.3) is 0 Å². The number of aromatic nitrogens is 2. The number of carbonyl (C=O) groups is 3. The third-order valence-electron chi connectivity index (χ3n) is 7.04. The van der Waals surface area contributed by atoms with Gasteiger partial charge < -0.3 is 5.32 Å². The van der Waals surface area contributed by atoms with Gasteiger partial charge in [-0.2, -0.15) is 0 Å². The molecule has 40 heavy (non-hydrogen) atoms. The minimum absolute atomic E-state index is 0.00877. The summed E-state index contributed by atoms with van der Waals surface area (Å²) >= 11 is 6.50. The van der Waals surface area contributed by atoms with Crippen molar-refractivity contribution in [1.29, 1.82) is 0 Å². The van der Waals surface area contributed by atoms with Gasteiger partial charge in [-0.25, -0.2) is 23.1 Å². The zero-order valence-electron chi connectivity index (χ0n) is 21.1. The normalized spacial score (nSPS) is 20.8. The summed E-state index contributed by atoms with van der Waals surface area (Å²) in [5, 5.41) is 2.79. The van der Waals surface area contributed by atoms with E-state index in [1.807, 2.05) is 0 Å². The van der Waals surface area contributed by atoms with Gasteiger partial charge in [0.1, 0.15) is 17.9 Å². The maximum Gasteiger partial charge on any atom is 0.251 e. The summed E-state index contributed by atoms with van der Waals surface area (Å²) in [6.07, 6.45) is 2.10. The molecule has 2 fully saturated rings. The molecule has 0 bridgehead atoms. The van der Waals surface area contributed by atoms with Crippen LogP contribution in [0.2, 0.25) is 5.02 Å². The van der Waals surface area contributed by atoms with E-state index in [1.165, 1.54) is 42.7 Å². The SMILES string of the molecule is O=C(NC1CCC(F)(F)C1)C(c1ccccc1Cl)N(C(=O)C1CCC(=O)N1c1ncccn1)c1cccc(F)c1. The molecule has 0 radical (unpaired) electrons. The number of nitrogens with zero attached hydrogens (tertiary/aromatic N) is 4. The lowest BCUT2D eigenvalue weighted by Gasteiger charge is -2.35. The van der Waals surface area contributed by atoms with Crippen LogP contribution in [0, 0.1) is 5.82 Å². The van der Waals surface area contributed by atoms with Gasteiger partial charge in [0, 0.05) is 54.0 Å². The number of alkyl halides is 2. The third kappa shape index (κ3) is 5.65. The van der Waals surface area contributed by atoms with E-state index in [-0.39, 0.29) is 47.9 Å². The largest absolute Gasteiger partial charge is 0.351 e. The molecule has 8 nitrogen and oxygen atoms in total. The fraction of sp³-hybridized carbons (Fsp3) is 0.321. The van der Waals surface area contributed by atoms with Gasteiger partial charge >= 0.3 is 0 Å². The zero-order valence-corrected chi connectivity index (χ0v) is 21.9. The van der Waals surface area contributed by atoms with Crippen LogP contribution in [0.5, 0.6) is 0 Å². The minimum Gasteiger partial charge on any atom is -0.351 e. The highest BCUT2D eigenvalue weighted by atomic mass is 35.5. The van der Waals surface area contributed by atoms with E-state index in [4.69, 9.17) is 11.6 Å². The Kier molecular flexibility index (Phi) is 7.75. The minimum atomic E-state index is -2.92. The van der Waals surface area contributed by atoms with E-state index >= 15 is 0 Å². The standard InChI is InChI=1S/C28H25ClF3N5O3/c29-21-8-2-1-7-20(21)24(25(39)35-18-11-12-28(31,32)16-18)36(19-6-3-5-17(30)15-19)26(40)22-9-10-23(38)37(22)27-33-13-4-14-34-27/h1-8,13-15,18,22,24H,9-12,16H2,(H,35,39). The Morgan fingerprint density at radius 1 is 1.07 bits per heavy atom. The van der Waals surface area contributed by atoms with Gasteiger partial charge in [0.15, 0.2) is 0 Å². The quantitative estimate of drug-likeness (QED) is 0.438. The molecule has 3 amide bonds. The molecule has 3 aromatic rings. The van der Waals surface area contributed by atoms with Crippen LogP contribution in [0.4, 0.5) is 24.8 Å². The summed E-state index contributed by atoms with van der Waals surface area (Å²) in [7, 11) is 0. The maximum atomic E-state index is 14.5. The molecule has 1 saturated heterocycles. The average Bonchev–Trinajstić information content (AvgIpc) is 3.48. The lowest BCUT2D eigenvalue weighted by atomic mass is 10.0. The van der Waals surface area contributed by atoms with Crippen LogP contribution in [0.15, 0.2) is 67.0 Å². The van der Waals surface area contributed by atoms with E-state index in [1.54, 1.807) is 18.2 Å². The van der Waals surface area contributed by atoms with Crippen molar-refractivity contribution in [2.45, 2.75) is 56.2 Å². The second-order valence-electron chi connectivity index (χ2n) is 9.78. The molecule has 0 spiro atoms. The van der Waals surface area contributed by atoms with Gasteiger partial charge in [-0.3, -0.25) is 24.2 Å². The predicted octanol–water partition coefficient (Wildman–Crippen LogP) is 4.84. The highest BCUT2D eigenvalue weighted by Crippen LogP contribution is 2.38. The number of benzene rings is 2. The molecule has 1 aliphatic heterocycles. The van der Waals surface area contributed by atoms with Gasteiger partial charge in [-0.05, 0) is 43.2 Å². The van der Waals surface area contributed by atoms with E-state index in [2.05, 4.69) is 15.3 Å². The smallest absolute Gasteiger partial charge is 0.251 e. The number of nitrogens with one attached hydrogen (secondary N) is 1. The molecule has 2 aliphatic rings. The van der Waals surface area contributed by atoms with Crippen LogP contribution in [0.3, 0.4) is 0 Å². The van der Waals surface area contributed by atoms with Crippen LogP contribution in [-0.4, -0.2) is 45.7 Å². The van der Waals surface area contributed by atoms with Crippen LogP contribution in [0.1, 0.15) is 43.7 Å². The summed E-state index contributed by atoms with van der Waals surface area (Å²) < 4.78 is 42.4. The summed E-state index contributed by atoms with van der Waals surface area (Å²) in [5.74, 6) is -5.45. The number of hydrogen-bond acceptors (Lipinski definition) is 5. The molecular formula is C28H25ClF3N5O3. The first-order chi connectivity index (χ1) is 19.1. The fourth-order valence-electron chi connectivity index (χ4n) is 5.22. The van der Waals surface area contributed by atoms with Gasteiger partial charge in [0.25, 0.3) is 5.91 Å². The van der Waals surface area contributed by atoms with E-state index in [0.717, 1.165) is 15.9 Å². The predicted molar refractivity (Wildman–Crippen MR) is 141 cm³/mol. The molecule has 2 aromatic carbocycles. The van der Waals surface area contributed by atoms with Crippen molar-refractivity contribution in [2.24, 2.45) is 0 Å². The Labute approximate surface area is 233 Å². The highest BCUT2D eigenvalue weighted by Gasteiger charge is 2.46. The van der Waals surface area contributed by atoms with E-state index in [0.29, 0.717) is 0 Å². The summed E-state index contributed by atoms with van der Waals surface area (Å²) in [5.41, 5.74) is 0.228. The first kappa shape index (κ1) is 27.6. The van der Waals surface area contributed by atoms with Gasteiger partial charge in [0.05, 0.1) is 0 Å².